The Labute approximate surface area is 166 Å². The van der Waals surface area contributed by atoms with Gasteiger partial charge in [-0.3, -0.25) is 9.78 Å². The summed E-state index contributed by atoms with van der Waals surface area (Å²) < 4.78 is 13.9. The molecule has 0 aliphatic rings. The topological polar surface area (TPSA) is 42.0 Å². The minimum Gasteiger partial charge on any atom is -0.346 e. The lowest BCUT2D eigenvalue weighted by Crippen LogP contribution is -2.48. The normalized spacial score (nSPS) is 13.5. The molecule has 1 N–H and O–H groups in total. The Kier molecular flexibility index (Phi) is 5.78. The number of carbonyl (C=O) groups is 1. The number of amides is 1. The predicted octanol–water partition coefficient (Wildman–Crippen LogP) is 5.46. The summed E-state index contributed by atoms with van der Waals surface area (Å²) in [6.07, 6.45) is 3.05. The summed E-state index contributed by atoms with van der Waals surface area (Å²) in [4.78, 5) is 17.2. The molecule has 0 fully saturated rings. The molecule has 0 saturated heterocycles. The van der Waals surface area contributed by atoms with E-state index in [1.165, 1.54) is 23.4 Å². The van der Waals surface area contributed by atoms with Crippen LogP contribution in [0, 0.1) is 18.7 Å². The Morgan fingerprint density at radius 2 is 1.93 bits per heavy atom. The van der Waals surface area contributed by atoms with E-state index in [1.807, 2.05) is 12.1 Å². The van der Waals surface area contributed by atoms with Crippen LogP contribution in [0.15, 0.2) is 54.7 Å². The molecular formula is C24H27FN2O. The van der Waals surface area contributed by atoms with Gasteiger partial charge >= 0.3 is 0 Å². The van der Waals surface area contributed by atoms with Crippen molar-refractivity contribution in [2.45, 2.75) is 46.1 Å². The van der Waals surface area contributed by atoms with Gasteiger partial charge in [0.1, 0.15) is 11.3 Å². The Balaban J connectivity index is 1.88. The van der Waals surface area contributed by atoms with Crippen LogP contribution in [0.1, 0.15) is 48.7 Å². The average molecular weight is 378 g/mol. The van der Waals surface area contributed by atoms with Gasteiger partial charge in [-0.1, -0.05) is 50.2 Å². The van der Waals surface area contributed by atoms with Crippen molar-refractivity contribution in [2.24, 2.45) is 5.92 Å². The van der Waals surface area contributed by atoms with Crippen LogP contribution in [-0.4, -0.2) is 16.4 Å². The second-order valence-corrected chi connectivity index (χ2v) is 8.25. The number of benzene rings is 2. The third kappa shape index (κ3) is 4.56. The molecule has 28 heavy (non-hydrogen) atoms. The zero-order valence-corrected chi connectivity index (χ0v) is 16.9. The van der Waals surface area contributed by atoms with Crippen LogP contribution in [0.3, 0.4) is 0 Å². The quantitative estimate of drug-likeness (QED) is 0.619. The van der Waals surface area contributed by atoms with Crippen molar-refractivity contribution in [1.82, 2.24) is 10.3 Å². The summed E-state index contributed by atoms with van der Waals surface area (Å²) in [5.74, 6) is -0.137. The monoisotopic (exact) mass is 378 g/mol. The maximum atomic E-state index is 13.9. The van der Waals surface area contributed by atoms with E-state index in [-0.39, 0.29) is 17.2 Å². The number of para-hydroxylation sites is 1. The maximum Gasteiger partial charge on any atom is 0.253 e. The molecule has 0 bridgehead atoms. The lowest BCUT2D eigenvalue weighted by molar-refractivity contribution is 0.0894. The second-order valence-electron chi connectivity index (χ2n) is 8.25. The maximum absolute atomic E-state index is 13.9. The molecule has 0 spiro atoms. The molecule has 3 rings (SSSR count). The van der Waals surface area contributed by atoms with E-state index < -0.39 is 5.54 Å². The molecule has 0 saturated carbocycles. The third-order valence-electron chi connectivity index (χ3n) is 5.04. The minimum atomic E-state index is -0.395. The highest BCUT2D eigenvalue weighted by Crippen LogP contribution is 2.25. The molecule has 3 aromatic rings. The van der Waals surface area contributed by atoms with Crippen molar-refractivity contribution in [3.05, 3.63) is 77.2 Å². The van der Waals surface area contributed by atoms with Gasteiger partial charge in [-0.2, -0.15) is 0 Å². The first-order valence-electron chi connectivity index (χ1n) is 9.69. The SMILES string of the molecule is Cc1ccccc1CC(C)(CC(C)C)NC(=O)c1cnc2c(F)cccc2c1. The number of rotatable bonds is 6. The van der Waals surface area contributed by atoms with Crippen molar-refractivity contribution in [2.75, 3.05) is 0 Å². The molecule has 1 heterocycles. The number of pyridine rings is 1. The Bertz CT molecular complexity index is 999. The first-order valence-corrected chi connectivity index (χ1v) is 9.69. The van der Waals surface area contributed by atoms with Crippen molar-refractivity contribution in [1.29, 1.82) is 0 Å². The van der Waals surface area contributed by atoms with E-state index in [0.29, 0.717) is 16.9 Å². The standard InChI is InChI=1S/C24H27FN2O/c1-16(2)13-24(4,14-19-9-6-5-8-17(19)3)27-23(28)20-12-18-10-7-11-21(25)22(18)26-15-20/h5-12,15-16H,13-14H2,1-4H3,(H,27,28). The fraction of sp³-hybridized carbons (Fsp3) is 0.333. The van der Waals surface area contributed by atoms with Gasteiger partial charge in [0.25, 0.3) is 5.91 Å². The Hall–Kier alpha value is -2.75. The van der Waals surface area contributed by atoms with Gasteiger partial charge in [0.2, 0.25) is 0 Å². The van der Waals surface area contributed by atoms with E-state index in [1.54, 1.807) is 18.2 Å². The number of hydrogen-bond acceptors (Lipinski definition) is 2. The van der Waals surface area contributed by atoms with Gasteiger partial charge in [0, 0.05) is 17.1 Å². The number of nitrogens with one attached hydrogen (secondary N) is 1. The number of aryl methyl sites for hydroxylation is 1. The van der Waals surface area contributed by atoms with E-state index in [9.17, 15) is 9.18 Å². The highest BCUT2D eigenvalue weighted by molar-refractivity contribution is 5.97. The van der Waals surface area contributed by atoms with E-state index in [2.05, 4.69) is 50.1 Å². The smallest absolute Gasteiger partial charge is 0.253 e. The Morgan fingerprint density at radius 1 is 1.18 bits per heavy atom. The van der Waals surface area contributed by atoms with Crippen molar-refractivity contribution >= 4 is 16.8 Å². The predicted molar refractivity (Wildman–Crippen MR) is 112 cm³/mol. The van der Waals surface area contributed by atoms with Gasteiger partial charge < -0.3 is 5.32 Å². The molecule has 0 aliphatic heterocycles. The second kappa shape index (κ2) is 8.09. The molecule has 1 aromatic heterocycles. The molecule has 2 aromatic carbocycles. The number of nitrogens with zero attached hydrogens (tertiary/aromatic N) is 1. The highest BCUT2D eigenvalue weighted by Gasteiger charge is 2.29. The van der Waals surface area contributed by atoms with Crippen molar-refractivity contribution < 1.29 is 9.18 Å². The van der Waals surface area contributed by atoms with Crippen molar-refractivity contribution in [3.63, 3.8) is 0 Å². The van der Waals surface area contributed by atoms with Gasteiger partial charge in [-0.05, 0) is 55.9 Å². The summed E-state index contributed by atoms with van der Waals surface area (Å²) in [6, 6.07) is 14.7. The lowest BCUT2D eigenvalue weighted by Gasteiger charge is -2.33. The van der Waals surface area contributed by atoms with E-state index in [0.717, 1.165) is 12.8 Å². The molecular weight excluding hydrogens is 351 g/mol. The first kappa shape index (κ1) is 20.0. The summed E-state index contributed by atoms with van der Waals surface area (Å²) in [6.45, 7) is 8.49. The van der Waals surface area contributed by atoms with Crippen molar-refractivity contribution in [3.8, 4) is 0 Å². The third-order valence-corrected chi connectivity index (χ3v) is 5.04. The van der Waals surface area contributed by atoms with Crippen LogP contribution >= 0.6 is 0 Å². The van der Waals surface area contributed by atoms with E-state index in [4.69, 9.17) is 0 Å². The van der Waals surface area contributed by atoms with Crippen LogP contribution in [0.25, 0.3) is 10.9 Å². The van der Waals surface area contributed by atoms with Crippen LogP contribution in [0.4, 0.5) is 4.39 Å². The highest BCUT2D eigenvalue weighted by atomic mass is 19.1. The van der Waals surface area contributed by atoms with Crippen LogP contribution in [0.5, 0.6) is 0 Å². The molecule has 1 unspecified atom stereocenters. The summed E-state index contributed by atoms with van der Waals surface area (Å²) in [5.41, 5.74) is 2.77. The van der Waals surface area contributed by atoms with Gasteiger partial charge in [0.05, 0.1) is 5.56 Å². The van der Waals surface area contributed by atoms with Gasteiger partial charge in [0.15, 0.2) is 0 Å². The average Bonchev–Trinajstić information content (AvgIpc) is 2.62. The molecule has 4 heteroatoms. The molecule has 3 nitrogen and oxygen atoms in total. The molecule has 0 aliphatic carbocycles. The summed E-state index contributed by atoms with van der Waals surface area (Å²) >= 11 is 0. The fourth-order valence-corrected chi connectivity index (χ4v) is 3.89. The lowest BCUT2D eigenvalue weighted by atomic mass is 9.83. The number of hydrogen-bond donors (Lipinski definition) is 1. The van der Waals surface area contributed by atoms with Crippen LogP contribution in [-0.2, 0) is 6.42 Å². The molecule has 0 radical (unpaired) electrons. The zero-order valence-electron chi connectivity index (χ0n) is 16.9. The fourth-order valence-electron chi connectivity index (χ4n) is 3.89. The largest absolute Gasteiger partial charge is 0.346 e. The Morgan fingerprint density at radius 3 is 2.64 bits per heavy atom. The molecule has 1 amide bonds. The summed E-state index contributed by atoms with van der Waals surface area (Å²) in [5, 5.41) is 3.85. The van der Waals surface area contributed by atoms with Gasteiger partial charge in [-0.15, -0.1) is 0 Å². The van der Waals surface area contributed by atoms with E-state index >= 15 is 0 Å². The molecule has 1 atom stereocenters. The van der Waals surface area contributed by atoms with Gasteiger partial charge in [-0.25, -0.2) is 4.39 Å². The van der Waals surface area contributed by atoms with Crippen LogP contribution in [0.2, 0.25) is 0 Å². The first-order chi connectivity index (χ1) is 13.3. The summed E-state index contributed by atoms with van der Waals surface area (Å²) in [7, 11) is 0. The zero-order chi connectivity index (χ0) is 20.3. The number of carbonyl (C=O) groups excluding carboxylic acids is 1. The number of aromatic nitrogens is 1. The number of fused-ring (bicyclic) bond motifs is 1. The minimum absolute atomic E-state index is 0.185. The molecule has 146 valence electrons. The van der Waals surface area contributed by atoms with Crippen LogP contribution < -0.4 is 5.32 Å². The number of halogens is 1.